The molecule has 3 aromatic rings. The number of carbonyl (C=O) groups is 2. The first-order valence-corrected chi connectivity index (χ1v) is 15.0. The second kappa shape index (κ2) is 12.3. The highest BCUT2D eigenvalue weighted by atomic mass is 32.2. The minimum absolute atomic E-state index is 0.0342. The molecule has 2 amide bonds. The maximum atomic E-state index is 13.6. The summed E-state index contributed by atoms with van der Waals surface area (Å²) in [6.07, 6.45) is 0.548. The molecule has 4 rings (SSSR count). The average molecular weight is 551 g/mol. The number of aryl methyl sites for hydroxylation is 1. The van der Waals surface area contributed by atoms with Crippen molar-refractivity contribution in [1.82, 2.24) is 14.5 Å². The molecule has 0 unspecified atom stereocenters. The second-order valence-electron chi connectivity index (χ2n) is 10.2. The number of fused-ring (bicyclic) bond motifs is 1. The number of carbonyl (C=O) groups excluding carboxylic acids is 2. The molecule has 39 heavy (non-hydrogen) atoms. The molecule has 1 aliphatic heterocycles. The lowest BCUT2D eigenvalue weighted by molar-refractivity contribution is -0.134. The van der Waals surface area contributed by atoms with Gasteiger partial charge in [-0.05, 0) is 56.1 Å². The fraction of sp³-hybridized carbons (Fsp3) is 0.400. The summed E-state index contributed by atoms with van der Waals surface area (Å²) in [5, 5.41) is 4.13. The van der Waals surface area contributed by atoms with Crippen molar-refractivity contribution >= 4 is 38.3 Å². The summed E-state index contributed by atoms with van der Waals surface area (Å²) in [4.78, 5) is 29.8. The highest BCUT2D eigenvalue weighted by Gasteiger charge is 2.32. The molecule has 9 heteroatoms. The van der Waals surface area contributed by atoms with E-state index in [9.17, 15) is 18.0 Å². The second-order valence-corrected chi connectivity index (χ2v) is 11.9. The van der Waals surface area contributed by atoms with Crippen molar-refractivity contribution in [3.63, 3.8) is 0 Å². The van der Waals surface area contributed by atoms with Gasteiger partial charge in [-0.25, -0.2) is 13.1 Å². The first-order valence-electron chi connectivity index (χ1n) is 13.6. The molecular weight excluding hydrogens is 512 g/mol. The summed E-state index contributed by atoms with van der Waals surface area (Å²) in [6.45, 7) is 11.0. The number of nitrogens with one attached hydrogen (secondary N) is 2. The Morgan fingerprint density at radius 1 is 0.974 bits per heavy atom. The Morgan fingerprint density at radius 3 is 2.31 bits per heavy atom. The Morgan fingerprint density at radius 2 is 1.64 bits per heavy atom. The molecule has 2 atom stereocenters. The van der Waals surface area contributed by atoms with Crippen LogP contribution in [0.1, 0.15) is 43.1 Å². The van der Waals surface area contributed by atoms with Crippen molar-refractivity contribution in [2.24, 2.45) is 5.92 Å². The Labute approximate surface area is 231 Å². The van der Waals surface area contributed by atoms with Gasteiger partial charge in [-0.15, -0.1) is 0 Å². The van der Waals surface area contributed by atoms with Crippen LogP contribution in [0, 0.1) is 12.8 Å². The van der Waals surface area contributed by atoms with Crippen LogP contribution in [0.2, 0.25) is 0 Å². The number of benzene rings is 3. The lowest BCUT2D eigenvalue weighted by atomic mass is 9.95. The highest BCUT2D eigenvalue weighted by Crippen LogP contribution is 2.31. The monoisotopic (exact) mass is 550 g/mol. The number of amides is 2. The van der Waals surface area contributed by atoms with Gasteiger partial charge >= 0.3 is 0 Å². The Hall–Kier alpha value is -3.27. The summed E-state index contributed by atoms with van der Waals surface area (Å²) in [5.74, 6) is -0.197. The summed E-state index contributed by atoms with van der Waals surface area (Å²) in [7, 11) is -3.86. The van der Waals surface area contributed by atoms with E-state index in [0.29, 0.717) is 48.1 Å². The van der Waals surface area contributed by atoms with Gasteiger partial charge in [-0.3, -0.25) is 14.5 Å². The van der Waals surface area contributed by atoms with E-state index in [2.05, 4.69) is 14.9 Å². The van der Waals surface area contributed by atoms with Crippen LogP contribution in [-0.4, -0.2) is 68.8 Å². The zero-order chi connectivity index (χ0) is 28.2. The van der Waals surface area contributed by atoms with E-state index in [1.807, 2.05) is 62.9 Å². The number of hydrogen-bond donors (Lipinski definition) is 2. The largest absolute Gasteiger partial charge is 0.341 e. The summed E-state index contributed by atoms with van der Waals surface area (Å²) in [5.41, 5.74) is 1.97. The topological polar surface area (TPSA) is 98.8 Å². The molecule has 8 nitrogen and oxygen atoms in total. The molecule has 1 heterocycles. The number of rotatable bonds is 9. The Kier molecular flexibility index (Phi) is 9.04. The quantitative estimate of drug-likeness (QED) is 0.415. The molecule has 3 aromatic carbocycles. The Balaban J connectivity index is 1.51. The van der Waals surface area contributed by atoms with Crippen molar-refractivity contribution in [3.8, 4) is 0 Å². The summed E-state index contributed by atoms with van der Waals surface area (Å²) < 4.78 is 30.1. The first-order chi connectivity index (χ1) is 18.6. The molecule has 208 valence electrons. The van der Waals surface area contributed by atoms with Gasteiger partial charge < -0.3 is 10.2 Å². The molecule has 0 spiro atoms. The number of likely N-dealkylation sites (N-methyl/N-ethyl adjacent to an activating group) is 1. The molecular formula is C30H38N4O4S. The molecule has 0 aliphatic carbocycles. The van der Waals surface area contributed by atoms with Crippen LogP contribution in [-0.2, 0) is 14.8 Å². The lowest BCUT2D eigenvalue weighted by Gasteiger charge is -2.38. The molecule has 1 aliphatic rings. The zero-order valence-corrected chi connectivity index (χ0v) is 23.9. The maximum absolute atomic E-state index is 13.6. The van der Waals surface area contributed by atoms with Crippen molar-refractivity contribution < 1.29 is 18.0 Å². The van der Waals surface area contributed by atoms with Crippen LogP contribution in [0.25, 0.3) is 10.8 Å². The van der Waals surface area contributed by atoms with Crippen molar-refractivity contribution in [2.75, 3.05) is 38.0 Å². The van der Waals surface area contributed by atoms with Crippen LogP contribution in [0.4, 0.5) is 5.69 Å². The molecule has 0 bridgehead atoms. The SMILES string of the molecule is CCN(CC)CC(=O)N1CC[C@@H](NS(=O)(=O)c2ccc(NC(=O)c3ccccc3C)c3ccccc23)[C@@H](C)C1. The molecule has 2 N–H and O–H groups in total. The van der Waals surface area contributed by atoms with Gasteiger partial charge in [0.2, 0.25) is 15.9 Å². The van der Waals surface area contributed by atoms with Crippen molar-refractivity contribution in [2.45, 2.75) is 45.1 Å². The van der Waals surface area contributed by atoms with Gasteiger partial charge in [0.25, 0.3) is 5.91 Å². The minimum Gasteiger partial charge on any atom is -0.341 e. The van der Waals surface area contributed by atoms with Gasteiger partial charge in [-0.1, -0.05) is 63.2 Å². The molecule has 1 fully saturated rings. The van der Waals surface area contributed by atoms with E-state index >= 15 is 0 Å². The fourth-order valence-electron chi connectivity index (χ4n) is 5.18. The third-order valence-electron chi connectivity index (χ3n) is 7.63. The average Bonchev–Trinajstić information content (AvgIpc) is 2.92. The Bertz CT molecular complexity index is 1450. The van der Waals surface area contributed by atoms with Gasteiger partial charge in [0.1, 0.15) is 0 Å². The fourth-order valence-corrected chi connectivity index (χ4v) is 6.77. The number of hydrogen-bond acceptors (Lipinski definition) is 5. The van der Waals surface area contributed by atoms with Crippen molar-refractivity contribution in [1.29, 1.82) is 0 Å². The number of piperidine rings is 1. The molecule has 0 aromatic heterocycles. The zero-order valence-electron chi connectivity index (χ0n) is 23.1. The minimum atomic E-state index is -3.86. The standard InChI is InChI=1S/C30H38N4O4S/c1-5-33(6-2)20-29(35)34-18-17-26(22(4)19-34)32-39(37,38)28-16-15-27(24-13-9-10-14-25(24)28)31-30(36)23-12-8-7-11-21(23)3/h7-16,22,26,32H,5-6,17-20H2,1-4H3,(H,31,36)/t22-,26+/m0/s1. The normalized spacial score (nSPS) is 17.9. The van der Waals surface area contributed by atoms with Crippen LogP contribution in [0.15, 0.2) is 65.6 Å². The number of likely N-dealkylation sites (tertiary alicyclic amines) is 1. The van der Waals surface area contributed by atoms with Gasteiger partial charge in [0.05, 0.1) is 11.4 Å². The molecule has 0 radical (unpaired) electrons. The van der Waals surface area contributed by atoms with E-state index in [1.165, 1.54) is 0 Å². The van der Waals surface area contributed by atoms with Crippen molar-refractivity contribution in [3.05, 3.63) is 71.8 Å². The third-order valence-corrected chi connectivity index (χ3v) is 9.18. The van der Waals surface area contributed by atoms with Crippen LogP contribution >= 0.6 is 0 Å². The number of sulfonamides is 1. The van der Waals surface area contributed by atoms with Crippen LogP contribution < -0.4 is 10.0 Å². The van der Waals surface area contributed by atoms with E-state index in [4.69, 9.17) is 0 Å². The smallest absolute Gasteiger partial charge is 0.255 e. The van der Waals surface area contributed by atoms with Crippen LogP contribution in [0.3, 0.4) is 0 Å². The van der Waals surface area contributed by atoms with E-state index < -0.39 is 10.0 Å². The maximum Gasteiger partial charge on any atom is 0.255 e. The number of nitrogens with zero attached hydrogens (tertiary/aromatic N) is 2. The molecule has 0 saturated carbocycles. The van der Waals surface area contributed by atoms with Gasteiger partial charge in [0.15, 0.2) is 0 Å². The summed E-state index contributed by atoms with van der Waals surface area (Å²) >= 11 is 0. The van der Waals surface area contributed by atoms with E-state index in [1.54, 1.807) is 30.3 Å². The predicted molar refractivity (Wildman–Crippen MR) is 155 cm³/mol. The summed E-state index contributed by atoms with van der Waals surface area (Å²) in [6, 6.07) is 17.4. The third kappa shape index (κ3) is 6.49. The molecule has 1 saturated heterocycles. The first kappa shape index (κ1) is 28.7. The van der Waals surface area contributed by atoms with Crippen LogP contribution in [0.5, 0.6) is 0 Å². The van der Waals surface area contributed by atoms with E-state index in [-0.39, 0.29) is 28.7 Å². The highest BCUT2D eigenvalue weighted by molar-refractivity contribution is 7.89. The lowest BCUT2D eigenvalue weighted by Crippen LogP contribution is -2.53. The van der Waals surface area contributed by atoms with Gasteiger partial charge in [0, 0.05) is 41.2 Å². The predicted octanol–water partition coefficient (Wildman–Crippen LogP) is 4.26. The van der Waals surface area contributed by atoms with Gasteiger partial charge in [-0.2, -0.15) is 0 Å². The number of anilines is 1. The van der Waals surface area contributed by atoms with E-state index in [0.717, 1.165) is 18.7 Å².